The van der Waals surface area contributed by atoms with Gasteiger partial charge in [-0.3, -0.25) is 4.79 Å². The molecule has 3 heterocycles. The Morgan fingerprint density at radius 2 is 2.00 bits per heavy atom. The van der Waals surface area contributed by atoms with E-state index in [1.54, 1.807) is 6.21 Å². The van der Waals surface area contributed by atoms with Gasteiger partial charge in [-0.05, 0) is 25.3 Å². The SMILES string of the molecule is Cc1cccc(/C=N/Nc2nc(N3CCOCC3)c3nc(C(=O)NC4CCCCC4)sc3n2)c1. The van der Waals surface area contributed by atoms with Gasteiger partial charge in [-0.2, -0.15) is 15.1 Å². The number of amides is 1. The fraction of sp³-hybridized carbons (Fsp3) is 0.458. The third-order valence-corrected chi connectivity index (χ3v) is 7.05. The molecule has 178 valence electrons. The highest BCUT2D eigenvalue weighted by atomic mass is 32.1. The Morgan fingerprint density at radius 1 is 1.18 bits per heavy atom. The average Bonchev–Trinajstić information content (AvgIpc) is 3.29. The van der Waals surface area contributed by atoms with E-state index in [-0.39, 0.29) is 11.9 Å². The number of hydrogen-bond acceptors (Lipinski definition) is 9. The molecule has 3 aromatic rings. The number of hydrazone groups is 1. The standard InChI is InChI=1S/C24H29N7O2S/c1-16-6-5-7-17(14-16)15-25-30-24-28-20(31-10-12-33-13-11-31)19-22(29-24)34-23(27-19)21(32)26-18-8-3-2-4-9-18/h5-7,14-15,18H,2-4,8-13H2,1H3,(H,26,32)(H,28,29,30)/b25-15+. The summed E-state index contributed by atoms with van der Waals surface area (Å²) in [4.78, 5) is 29.7. The van der Waals surface area contributed by atoms with Crippen LogP contribution in [0.1, 0.15) is 53.0 Å². The Hall–Kier alpha value is -3.11. The molecule has 0 radical (unpaired) electrons. The van der Waals surface area contributed by atoms with Crippen LogP contribution in [0.5, 0.6) is 0 Å². The summed E-state index contributed by atoms with van der Waals surface area (Å²) in [6.45, 7) is 4.71. The molecule has 10 heteroatoms. The van der Waals surface area contributed by atoms with Crippen molar-refractivity contribution in [1.29, 1.82) is 0 Å². The van der Waals surface area contributed by atoms with E-state index in [2.05, 4.69) is 36.8 Å². The average molecular weight is 480 g/mol. The maximum Gasteiger partial charge on any atom is 0.280 e. The number of anilines is 2. The van der Waals surface area contributed by atoms with Gasteiger partial charge in [0.15, 0.2) is 15.7 Å². The minimum atomic E-state index is -0.130. The fourth-order valence-electron chi connectivity index (χ4n) is 4.36. The maximum atomic E-state index is 12.9. The van der Waals surface area contributed by atoms with Crippen LogP contribution in [0.4, 0.5) is 11.8 Å². The van der Waals surface area contributed by atoms with Crippen LogP contribution >= 0.6 is 11.3 Å². The zero-order valence-electron chi connectivity index (χ0n) is 19.3. The zero-order valence-corrected chi connectivity index (χ0v) is 20.1. The molecule has 0 bridgehead atoms. The van der Waals surface area contributed by atoms with Crippen LogP contribution in [0.25, 0.3) is 10.3 Å². The molecule has 2 aliphatic rings. The van der Waals surface area contributed by atoms with Crippen LogP contribution in [0.15, 0.2) is 29.4 Å². The molecule has 2 N–H and O–H groups in total. The van der Waals surface area contributed by atoms with Crippen molar-refractivity contribution in [1.82, 2.24) is 20.3 Å². The number of thiazole rings is 1. The van der Waals surface area contributed by atoms with Gasteiger partial charge in [-0.1, -0.05) is 60.4 Å². The number of nitrogens with one attached hydrogen (secondary N) is 2. The first-order valence-electron chi connectivity index (χ1n) is 11.8. The van der Waals surface area contributed by atoms with Crippen LogP contribution in [0, 0.1) is 6.92 Å². The van der Waals surface area contributed by atoms with Gasteiger partial charge in [-0.25, -0.2) is 10.4 Å². The van der Waals surface area contributed by atoms with Crippen LogP contribution in [-0.2, 0) is 4.74 Å². The lowest BCUT2D eigenvalue weighted by atomic mass is 9.95. The quantitative estimate of drug-likeness (QED) is 0.410. The van der Waals surface area contributed by atoms with Crippen LogP contribution in [0.2, 0.25) is 0 Å². The lowest BCUT2D eigenvalue weighted by Crippen LogP contribution is -2.37. The molecule has 0 spiro atoms. The van der Waals surface area contributed by atoms with Gasteiger partial charge < -0.3 is 15.0 Å². The lowest BCUT2D eigenvalue weighted by molar-refractivity contribution is 0.0927. The van der Waals surface area contributed by atoms with E-state index in [1.165, 1.54) is 23.3 Å². The number of carbonyl (C=O) groups is 1. The van der Waals surface area contributed by atoms with Crippen molar-refractivity contribution in [3.63, 3.8) is 0 Å². The molecular formula is C24H29N7O2S. The summed E-state index contributed by atoms with van der Waals surface area (Å²) in [6.07, 6.45) is 7.37. The number of aryl methyl sites for hydroxylation is 1. The Bertz CT molecular complexity index is 1180. The summed E-state index contributed by atoms with van der Waals surface area (Å²) in [5.74, 6) is 0.949. The summed E-state index contributed by atoms with van der Waals surface area (Å²) in [5.41, 5.74) is 5.76. The van der Waals surface area contributed by atoms with E-state index in [9.17, 15) is 4.79 Å². The maximum absolute atomic E-state index is 12.9. The third-order valence-electron chi connectivity index (χ3n) is 6.11. The van der Waals surface area contributed by atoms with Crippen LogP contribution in [0.3, 0.4) is 0 Å². The first-order chi connectivity index (χ1) is 16.7. The summed E-state index contributed by atoms with van der Waals surface area (Å²) >= 11 is 1.29. The van der Waals surface area contributed by atoms with E-state index in [1.807, 2.05) is 25.1 Å². The predicted octanol–water partition coefficient (Wildman–Crippen LogP) is 3.74. The molecule has 1 saturated carbocycles. The molecule has 1 aromatic carbocycles. The molecule has 2 aromatic heterocycles. The van der Waals surface area contributed by atoms with E-state index in [0.717, 1.165) is 31.2 Å². The Morgan fingerprint density at radius 3 is 2.79 bits per heavy atom. The fourth-order valence-corrected chi connectivity index (χ4v) is 5.20. The Balaban J connectivity index is 1.41. The number of morpholine rings is 1. The molecular weight excluding hydrogens is 450 g/mol. The summed E-state index contributed by atoms with van der Waals surface area (Å²) < 4.78 is 5.51. The highest BCUT2D eigenvalue weighted by molar-refractivity contribution is 7.20. The van der Waals surface area contributed by atoms with Crippen molar-refractivity contribution < 1.29 is 9.53 Å². The van der Waals surface area contributed by atoms with Crippen LogP contribution in [-0.4, -0.2) is 59.4 Å². The number of nitrogens with zero attached hydrogens (tertiary/aromatic N) is 5. The number of rotatable bonds is 6. The van der Waals surface area contributed by atoms with Gasteiger partial charge in [0.25, 0.3) is 5.91 Å². The number of aromatic nitrogens is 3. The van der Waals surface area contributed by atoms with Gasteiger partial charge in [0.1, 0.15) is 5.52 Å². The van der Waals surface area contributed by atoms with E-state index in [4.69, 9.17) is 9.72 Å². The molecule has 0 atom stereocenters. The van der Waals surface area contributed by atoms with Crippen LogP contribution < -0.4 is 15.6 Å². The van der Waals surface area contributed by atoms with Gasteiger partial charge in [0.05, 0.1) is 19.4 Å². The van der Waals surface area contributed by atoms with Crippen molar-refractivity contribution in [3.05, 3.63) is 40.4 Å². The molecule has 9 nitrogen and oxygen atoms in total. The van der Waals surface area contributed by atoms with Crippen molar-refractivity contribution >= 4 is 45.6 Å². The molecule has 1 saturated heterocycles. The van der Waals surface area contributed by atoms with Gasteiger partial charge >= 0.3 is 0 Å². The molecule has 0 unspecified atom stereocenters. The molecule has 1 aliphatic carbocycles. The summed E-state index contributed by atoms with van der Waals surface area (Å²) in [7, 11) is 0. The first-order valence-corrected chi connectivity index (χ1v) is 12.7. The normalized spacial score (nSPS) is 17.4. The molecule has 1 amide bonds. The van der Waals surface area contributed by atoms with Crippen molar-refractivity contribution in [3.8, 4) is 0 Å². The molecule has 1 aliphatic heterocycles. The van der Waals surface area contributed by atoms with Gasteiger partial charge in [0, 0.05) is 19.1 Å². The minimum absolute atomic E-state index is 0.130. The third kappa shape index (κ3) is 5.34. The van der Waals surface area contributed by atoms with Crippen molar-refractivity contribution in [2.75, 3.05) is 36.6 Å². The molecule has 34 heavy (non-hydrogen) atoms. The second-order valence-electron chi connectivity index (χ2n) is 8.74. The topological polar surface area (TPSA) is 105 Å². The number of carbonyl (C=O) groups excluding carboxylic acids is 1. The number of ether oxygens (including phenoxy) is 1. The summed E-state index contributed by atoms with van der Waals surface area (Å²) in [5, 5.41) is 7.90. The summed E-state index contributed by atoms with van der Waals surface area (Å²) in [6, 6.07) is 8.30. The Kier molecular flexibility index (Phi) is 6.96. The van der Waals surface area contributed by atoms with E-state index in [0.29, 0.717) is 53.4 Å². The van der Waals surface area contributed by atoms with E-state index < -0.39 is 0 Å². The second-order valence-corrected chi connectivity index (χ2v) is 9.71. The highest BCUT2D eigenvalue weighted by Gasteiger charge is 2.24. The zero-order chi connectivity index (χ0) is 23.3. The Labute approximate surface area is 202 Å². The number of benzene rings is 1. The second kappa shape index (κ2) is 10.4. The molecule has 2 fully saturated rings. The minimum Gasteiger partial charge on any atom is -0.378 e. The lowest BCUT2D eigenvalue weighted by Gasteiger charge is -2.27. The monoisotopic (exact) mass is 479 g/mol. The first kappa shape index (κ1) is 22.7. The predicted molar refractivity (Wildman–Crippen MR) is 135 cm³/mol. The number of fused-ring (bicyclic) bond motifs is 1. The number of hydrogen-bond donors (Lipinski definition) is 2. The van der Waals surface area contributed by atoms with E-state index >= 15 is 0 Å². The van der Waals surface area contributed by atoms with Gasteiger partial charge in [0.2, 0.25) is 5.95 Å². The van der Waals surface area contributed by atoms with Gasteiger partial charge in [-0.15, -0.1) is 0 Å². The largest absolute Gasteiger partial charge is 0.378 e. The molecule has 5 rings (SSSR count). The van der Waals surface area contributed by atoms with Crippen molar-refractivity contribution in [2.24, 2.45) is 5.10 Å². The van der Waals surface area contributed by atoms with Crippen molar-refractivity contribution in [2.45, 2.75) is 45.1 Å². The highest BCUT2D eigenvalue weighted by Crippen LogP contribution is 2.30. The smallest absolute Gasteiger partial charge is 0.280 e.